The second-order valence-electron chi connectivity index (χ2n) is 4.76. The molecule has 0 bridgehead atoms. The number of hydrogen-bond acceptors (Lipinski definition) is 3. The van der Waals surface area contributed by atoms with E-state index in [9.17, 15) is 0 Å². The summed E-state index contributed by atoms with van der Waals surface area (Å²) in [6.45, 7) is 7.87. The van der Waals surface area contributed by atoms with Gasteiger partial charge in [0.1, 0.15) is 5.82 Å². The molecular formula is C14H20N4. The second kappa shape index (κ2) is 5.78. The van der Waals surface area contributed by atoms with Crippen LogP contribution in [0, 0.1) is 6.92 Å². The van der Waals surface area contributed by atoms with Crippen molar-refractivity contribution in [1.29, 1.82) is 0 Å². The minimum Gasteiger partial charge on any atom is -0.329 e. The Labute approximate surface area is 108 Å². The highest BCUT2D eigenvalue weighted by atomic mass is 15.1. The molecule has 18 heavy (non-hydrogen) atoms. The van der Waals surface area contributed by atoms with Crippen molar-refractivity contribution in [3.8, 4) is 0 Å². The van der Waals surface area contributed by atoms with Gasteiger partial charge in [0.15, 0.2) is 0 Å². The van der Waals surface area contributed by atoms with Crippen LogP contribution in [0.15, 0.2) is 30.6 Å². The summed E-state index contributed by atoms with van der Waals surface area (Å²) >= 11 is 0. The molecule has 0 spiro atoms. The average Bonchev–Trinajstić information content (AvgIpc) is 2.73. The van der Waals surface area contributed by atoms with Crippen molar-refractivity contribution >= 4 is 0 Å². The molecule has 1 N–H and O–H groups in total. The maximum Gasteiger partial charge on any atom is 0.105 e. The van der Waals surface area contributed by atoms with Gasteiger partial charge in [0.05, 0.1) is 17.9 Å². The second-order valence-corrected chi connectivity index (χ2v) is 4.76. The van der Waals surface area contributed by atoms with Crippen LogP contribution in [0.5, 0.6) is 0 Å². The Bertz CT molecular complexity index is 502. The quantitative estimate of drug-likeness (QED) is 0.876. The van der Waals surface area contributed by atoms with Crippen molar-refractivity contribution in [2.24, 2.45) is 0 Å². The first-order valence-electron chi connectivity index (χ1n) is 6.31. The van der Waals surface area contributed by atoms with E-state index in [1.807, 2.05) is 19.3 Å². The van der Waals surface area contributed by atoms with Crippen LogP contribution in [0.4, 0.5) is 0 Å². The summed E-state index contributed by atoms with van der Waals surface area (Å²) in [5.41, 5.74) is 2.15. The van der Waals surface area contributed by atoms with E-state index in [4.69, 9.17) is 0 Å². The molecule has 0 saturated heterocycles. The smallest absolute Gasteiger partial charge is 0.105 e. The fourth-order valence-corrected chi connectivity index (χ4v) is 1.77. The number of hydrogen-bond donors (Lipinski definition) is 1. The summed E-state index contributed by atoms with van der Waals surface area (Å²) in [5, 5.41) is 3.38. The van der Waals surface area contributed by atoms with Crippen molar-refractivity contribution in [3.63, 3.8) is 0 Å². The molecule has 4 heteroatoms. The first-order valence-corrected chi connectivity index (χ1v) is 6.31. The van der Waals surface area contributed by atoms with Crippen LogP contribution < -0.4 is 5.32 Å². The van der Waals surface area contributed by atoms with E-state index in [1.54, 1.807) is 0 Å². The van der Waals surface area contributed by atoms with Crippen LogP contribution in [0.2, 0.25) is 0 Å². The van der Waals surface area contributed by atoms with Crippen molar-refractivity contribution in [2.75, 3.05) is 0 Å². The number of nitrogens with zero attached hydrogens (tertiary/aromatic N) is 3. The maximum atomic E-state index is 4.65. The standard InChI is InChI=1S/C14H20N4/c1-11(2)16-9-13-5-4-6-14(17-13)10-18-8-7-15-12(18)3/h4-8,11,16H,9-10H2,1-3H3. The third kappa shape index (κ3) is 3.40. The molecule has 2 aromatic rings. The molecule has 0 atom stereocenters. The summed E-state index contributed by atoms with van der Waals surface area (Å²) in [6.07, 6.45) is 3.80. The molecule has 4 nitrogen and oxygen atoms in total. The van der Waals surface area contributed by atoms with Crippen LogP contribution in [0.1, 0.15) is 31.1 Å². The number of rotatable bonds is 5. The highest BCUT2D eigenvalue weighted by molar-refractivity contribution is 5.12. The van der Waals surface area contributed by atoms with E-state index in [0.29, 0.717) is 6.04 Å². The van der Waals surface area contributed by atoms with E-state index in [-0.39, 0.29) is 0 Å². The lowest BCUT2D eigenvalue weighted by atomic mass is 10.2. The first-order chi connectivity index (χ1) is 8.65. The lowest BCUT2D eigenvalue weighted by molar-refractivity contribution is 0.579. The lowest BCUT2D eigenvalue weighted by Gasteiger charge is -2.09. The zero-order valence-electron chi connectivity index (χ0n) is 11.2. The Morgan fingerprint density at radius 3 is 2.72 bits per heavy atom. The highest BCUT2D eigenvalue weighted by Crippen LogP contribution is 2.04. The zero-order valence-corrected chi connectivity index (χ0v) is 11.2. The molecule has 0 amide bonds. The van der Waals surface area contributed by atoms with Crippen molar-refractivity contribution in [2.45, 2.75) is 39.9 Å². The molecule has 2 rings (SSSR count). The van der Waals surface area contributed by atoms with E-state index in [0.717, 1.165) is 30.3 Å². The minimum absolute atomic E-state index is 0.478. The number of imidazole rings is 1. The molecule has 2 heterocycles. The van der Waals surface area contributed by atoms with Crippen LogP contribution in [0.3, 0.4) is 0 Å². The summed E-state index contributed by atoms with van der Waals surface area (Å²) in [5.74, 6) is 1.02. The number of aryl methyl sites for hydroxylation is 1. The highest BCUT2D eigenvalue weighted by Gasteiger charge is 2.02. The fourth-order valence-electron chi connectivity index (χ4n) is 1.77. The molecule has 0 unspecified atom stereocenters. The summed E-state index contributed by atoms with van der Waals surface area (Å²) in [6, 6.07) is 6.65. The molecular weight excluding hydrogens is 224 g/mol. The lowest BCUT2D eigenvalue weighted by Crippen LogP contribution is -2.22. The normalized spacial score (nSPS) is 11.1. The first kappa shape index (κ1) is 12.8. The fraction of sp³-hybridized carbons (Fsp3) is 0.429. The Kier molecular flexibility index (Phi) is 4.10. The van der Waals surface area contributed by atoms with E-state index >= 15 is 0 Å². The van der Waals surface area contributed by atoms with Crippen molar-refractivity contribution in [3.05, 3.63) is 47.8 Å². The molecule has 0 aliphatic carbocycles. The van der Waals surface area contributed by atoms with Crippen LogP contribution >= 0.6 is 0 Å². The zero-order chi connectivity index (χ0) is 13.0. The van der Waals surface area contributed by atoms with Gasteiger partial charge in [0.25, 0.3) is 0 Å². The van der Waals surface area contributed by atoms with E-state index < -0.39 is 0 Å². The van der Waals surface area contributed by atoms with Crippen LogP contribution in [0.25, 0.3) is 0 Å². The third-order valence-corrected chi connectivity index (χ3v) is 2.81. The topological polar surface area (TPSA) is 42.7 Å². The summed E-state index contributed by atoms with van der Waals surface area (Å²) in [7, 11) is 0. The minimum atomic E-state index is 0.478. The number of nitrogens with one attached hydrogen (secondary N) is 1. The molecule has 0 aromatic carbocycles. The summed E-state index contributed by atoms with van der Waals surface area (Å²) < 4.78 is 2.10. The molecule has 0 aliphatic rings. The van der Waals surface area contributed by atoms with Gasteiger partial charge in [0.2, 0.25) is 0 Å². The molecule has 0 saturated carbocycles. The van der Waals surface area contributed by atoms with Gasteiger partial charge < -0.3 is 9.88 Å². The Morgan fingerprint density at radius 1 is 1.28 bits per heavy atom. The maximum absolute atomic E-state index is 4.65. The summed E-state index contributed by atoms with van der Waals surface area (Å²) in [4.78, 5) is 8.87. The predicted molar refractivity (Wildman–Crippen MR) is 72.3 cm³/mol. The van der Waals surface area contributed by atoms with Crippen LogP contribution in [-0.2, 0) is 13.1 Å². The van der Waals surface area contributed by atoms with Gasteiger partial charge in [0, 0.05) is 25.0 Å². The van der Waals surface area contributed by atoms with Gasteiger partial charge in [-0.05, 0) is 19.1 Å². The molecule has 0 aliphatic heterocycles. The number of pyridine rings is 1. The molecule has 96 valence electrons. The van der Waals surface area contributed by atoms with Gasteiger partial charge in [-0.2, -0.15) is 0 Å². The van der Waals surface area contributed by atoms with Crippen molar-refractivity contribution < 1.29 is 0 Å². The largest absolute Gasteiger partial charge is 0.329 e. The average molecular weight is 244 g/mol. The van der Waals surface area contributed by atoms with Gasteiger partial charge in [-0.1, -0.05) is 19.9 Å². The molecule has 2 aromatic heterocycles. The molecule has 0 radical (unpaired) electrons. The number of aromatic nitrogens is 3. The molecule has 0 fully saturated rings. The third-order valence-electron chi connectivity index (χ3n) is 2.81. The Balaban J connectivity index is 2.05. The van der Waals surface area contributed by atoms with Gasteiger partial charge >= 0.3 is 0 Å². The Morgan fingerprint density at radius 2 is 2.06 bits per heavy atom. The monoisotopic (exact) mass is 244 g/mol. The van der Waals surface area contributed by atoms with Gasteiger partial charge in [-0.25, -0.2) is 4.98 Å². The van der Waals surface area contributed by atoms with E-state index in [2.05, 4.69) is 51.9 Å². The van der Waals surface area contributed by atoms with Gasteiger partial charge in [-0.3, -0.25) is 4.98 Å². The van der Waals surface area contributed by atoms with E-state index in [1.165, 1.54) is 0 Å². The SMILES string of the molecule is Cc1nccn1Cc1cccc(CNC(C)C)n1. The van der Waals surface area contributed by atoms with Crippen molar-refractivity contribution in [1.82, 2.24) is 19.9 Å². The van der Waals surface area contributed by atoms with Gasteiger partial charge in [-0.15, -0.1) is 0 Å². The Hall–Kier alpha value is -1.68. The predicted octanol–water partition coefficient (Wildman–Crippen LogP) is 2.13. The van der Waals surface area contributed by atoms with Crippen LogP contribution in [-0.4, -0.2) is 20.6 Å².